The Balaban J connectivity index is 1.91. The summed E-state index contributed by atoms with van der Waals surface area (Å²) in [6.45, 7) is 6.76. The highest BCUT2D eigenvalue weighted by molar-refractivity contribution is 7.17. The van der Waals surface area contributed by atoms with Crippen molar-refractivity contribution in [2.45, 2.75) is 45.9 Å². The molecule has 26 heavy (non-hydrogen) atoms. The van der Waals surface area contributed by atoms with Crippen LogP contribution in [0.2, 0.25) is 0 Å². The summed E-state index contributed by atoms with van der Waals surface area (Å²) in [4.78, 5) is 50.5. The van der Waals surface area contributed by atoms with E-state index in [0.717, 1.165) is 4.57 Å². The maximum Gasteiger partial charge on any atom is 0.408 e. The zero-order valence-corrected chi connectivity index (χ0v) is 15.9. The van der Waals surface area contributed by atoms with Gasteiger partial charge in [-0.1, -0.05) is 0 Å². The minimum Gasteiger partial charge on any atom is -0.444 e. The smallest absolute Gasteiger partial charge is 0.408 e. The Morgan fingerprint density at radius 3 is 2.69 bits per heavy atom. The van der Waals surface area contributed by atoms with Crippen LogP contribution in [-0.4, -0.2) is 39.7 Å². The number of aromatic nitrogens is 2. The van der Waals surface area contributed by atoms with E-state index in [1.165, 1.54) is 18.3 Å². The predicted octanol–water partition coefficient (Wildman–Crippen LogP) is 0.781. The Morgan fingerprint density at radius 2 is 2.04 bits per heavy atom. The zero-order valence-electron chi connectivity index (χ0n) is 15.0. The first-order chi connectivity index (χ1) is 12.1. The third-order valence-corrected chi connectivity index (χ3v) is 4.25. The number of rotatable bonds is 5. The van der Waals surface area contributed by atoms with Crippen molar-refractivity contribution in [2.24, 2.45) is 0 Å². The fourth-order valence-corrected chi connectivity index (χ4v) is 2.97. The highest BCUT2D eigenvalue weighted by atomic mass is 32.1. The fraction of sp³-hybridized carbons (Fsp3) is 0.500. The van der Waals surface area contributed by atoms with Gasteiger partial charge >= 0.3 is 11.8 Å². The van der Waals surface area contributed by atoms with E-state index in [2.05, 4.69) is 15.6 Å². The van der Waals surface area contributed by atoms with Gasteiger partial charge in [0, 0.05) is 13.1 Å². The molecule has 2 aromatic rings. The average Bonchev–Trinajstić information content (AvgIpc) is 2.96. The second-order valence-electron chi connectivity index (χ2n) is 6.71. The lowest BCUT2D eigenvalue weighted by Gasteiger charge is -2.21. The molecule has 0 bridgehead atoms. The third-order valence-electron chi connectivity index (χ3n) is 3.35. The SMILES string of the molecule is CC(NC(=O)OC(C)(C)C)C(=O)NCCn1c(=O)[nH]c2ccsc2c1=O. The molecule has 0 aromatic carbocycles. The van der Waals surface area contributed by atoms with Crippen molar-refractivity contribution in [1.29, 1.82) is 0 Å². The number of hydrogen-bond donors (Lipinski definition) is 3. The van der Waals surface area contributed by atoms with Crippen LogP contribution in [0.15, 0.2) is 21.0 Å². The van der Waals surface area contributed by atoms with Gasteiger partial charge in [0.05, 0.1) is 5.52 Å². The molecule has 0 aliphatic heterocycles. The molecule has 0 aliphatic rings. The quantitative estimate of drug-likeness (QED) is 0.705. The number of aromatic amines is 1. The van der Waals surface area contributed by atoms with Gasteiger partial charge < -0.3 is 20.4 Å². The second-order valence-corrected chi connectivity index (χ2v) is 7.63. The molecule has 0 radical (unpaired) electrons. The number of thiophene rings is 1. The summed E-state index contributed by atoms with van der Waals surface area (Å²) < 4.78 is 6.56. The predicted molar refractivity (Wildman–Crippen MR) is 98.5 cm³/mol. The molecule has 1 atom stereocenters. The molecule has 142 valence electrons. The molecule has 0 aliphatic carbocycles. The van der Waals surface area contributed by atoms with Crippen LogP contribution in [0.25, 0.3) is 10.2 Å². The minimum absolute atomic E-state index is 0.0207. The zero-order chi connectivity index (χ0) is 19.5. The molecule has 0 saturated heterocycles. The molecule has 2 rings (SSSR count). The summed E-state index contributed by atoms with van der Waals surface area (Å²) in [6.07, 6.45) is -0.698. The van der Waals surface area contributed by atoms with Crippen molar-refractivity contribution in [3.8, 4) is 0 Å². The van der Waals surface area contributed by atoms with Crippen LogP contribution < -0.4 is 21.9 Å². The minimum atomic E-state index is -0.820. The van der Waals surface area contributed by atoms with Crippen LogP contribution in [0.4, 0.5) is 4.79 Å². The Labute approximate surface area is 153 Å². The van der Waals surface area contributed by atoms with Crippen molar-refractivity contribution in [3.05, 3.63) is 32.3 Å². The molecule has 0 spiro atoms. The number of alkyl carbamates (subject to hydrolysis) is 1. The maximum atomic E-state index is 12.3. The molecule has 2 amide bonds. The van der Waals surface area contributed by atoms with E-state index >= 15 is 0 Å². The van der Waals surface area contributed by atoms with Crippen molar-refractivity contribution in [1.82, 2.24) is 20.2 Å². The highest BCUT2D eigenvalue weighted by Gasteiger charge is 2.20. The van der Waals surface area contributed by atoms with Gasteiger partial charge in [-0.3, -0.25) is 14.2 Å². The Kier molecular flexibility index (Phi) is 5.86. The summed E-state index contributed by atoms with van der Waals surface area (Å²) in [7, 11) is 0. The van der Waals surface area contributed by atoms with Gasteiger partial charge in [-0.15, -0.1) is 11.3 Å². The standard InChI is InChI=1S/C16H22N4O5S/c1-9(18-15(24)25-16(2,3)4)12(21)17-6-7-20-13(22)11-10(5-8-26-11)19-14(20)23/h5,8-9H,6-7H2,1-4H3,(H,17,21)(H,18,24)(H,19,23). The number of carbonyl (C=O) groups is 2. The van der Waals surface area contributed by atoms with Crippen LogP contribution in [0.3, 0.4) is 0 Å². The molecule has 2 heterocycles. The van der Waals surface area contributed by atoms with Gasteiger partial charge in [0.15, 0.2) is 0 Å². The number of carbonyl (C=O) groups excluding carboxylic acids is 2. The molecule has 2 aromatic heterocycles. The lowest BCUT2D eigenvalue weighted by molar-refractivity contribution is -0.122. The van der Waals surface area contributed by atoms with Crippen molar-refractivity contribution in [3.63, 3.8) is 0 Å². The van der Waals surface area contributed by atoms with Gasteiger partial charge in [0.1, 0.15) is 16.3 Å². The number of fused-ring (bicyclic) bond motifs is 1. The maximum absolute atomic E-state index is 12.3. The molecular formula is C16H22N4O5S. The Hall–Kier alpha value is -2.62. The largest absolute Gasteiger partial charge is 0.444 e. The van der Waals surface area contributed by atoms with Gasteiger partial charge in [-0.05, 0) is 39.1 Å². The fourth-order valence-electron chi connectivity index (χ4n) is 2.17. The number of hydrogen-bond acceptors (Lipinski definition) is 6. The topological polar surface area (TPSA) is 122 Å². The van der Waals surface area contributed by atoms with Crippen molar-refractivity contribution in [2.75, 3.05) is 6.54 Å². The molecule has 9 nitrogen and oxygen atoms in total. The first-order valence-electron chi connectivity index (χ1n) is 8.06. The van der Waals surface area contributed by atoms with Crippen LogP contribution >= 0.6 is 11.3 Å². The highest BCUT2D eigenvalue weighted by Crippen LogP contribution is 2.11. The van der Waals surface area contributed by atoms with Crippen LogP contribution in [0.5, 0.6) is 0 Å². The Bertz CT molecular complexity index is 921. The number of nitrogens with one attached hydrogen (secondary N) is 3. The van der Waals surface area contributed by atoms with E-state index in [1.807, 2.05) is 0 Å². The Morgan fingerprint density at radius 1 is 1.35 bits per heavy atom. The first-order valence-corrected chi connectivity index (χ1v) is 8.94. The third kappa shape index (κ3) is 4.94. The van der Waals surface area contributed by atoms with Crippen LogP contribution in [0.1, 0.15) is 27.7 Å². The second kappa shape index (κ2) is 7.73. The molecule has 0 fully saturated rings. The van der Waals surface area contributed by atoms with Crippen LogP contribution in [-0.2, 0) is 16.1 Å². The number of H-pyrrole nitrogens is 1. The normalized spacial score (nSPS) is 12.6. The van der Waals surface area contributed by atoms with Crippen molar-refractivity contribution >= 4 is 33.6 Å². The van der Waals surface area contributed by atoms with Gasteiger partial charge in [-0.25, -0.2) is 9.59 Å². The van der Waals surface area contributed by atoms with Gasteiger partial charge in [-0.2, -0.15) is 0 Å². The summed E-state index contributed by atoms with van der Waals surface area (Å²) in [5, 5.41) is 6.72. The summed E-state index contributed by atoms with van der Waals surface area (Å²) in [5.74, 6) is -0.447. The van der Waals surface area contributed by atoms with E-state index in [9.17, 15) is 19.2 Å². The van der Waals surface area contributed by atoms with E-state index in [4.69, 9.17) is 4.74 Å². The summed E-state index contributed by atoms with van der Waals surface area (Å²) in [5.41, 5.74) is -1.09. The van der Waals surface area contributed by atoms with Crippen molar-refractivity contribution < 1.29 is 14.3 Å². The molecule has 3 N–H and O–H groups in total. The number of ether oxygens (including phenoxy) is 1. The molecule has 0 saturated carbocycles. The van der Waals surface area contributed by atoms with Gasteiger partial charge in [0.25, 0.3) is 5.56 Å². The van der Waals surface area contributed by atoms with Gasteiger partial charge in [0.2, 0.25) is 5.91 Å². The number of nitrogens with zero attached hydrogens (tertiary/aromatic N) is 1. The average molecular weight is 382 g/mol. The summed E-state index contributed by atoms with van der Waals surface area (Å²) in [6, 6.07) is 0.846. The van der Waals surface area contributed by atoms with E-state index in [1.54, 1.807) is 32.2 Å². The number of amides is 2. The summed E-state index contributed by atoms with van der Waals surface area (Å²) >= 11 is 1.24. The molecular weight excluding hydrogens is 360 g/mol. The lowest BCUT2D eigenvalue weighted by atomic mass is 10.2. The van der Waals surface area contributed by atoms with Crippen LogP contribution in [0, 0.1) is 0 Å². The van der Waals surface area contributed by atoms with E-state index in [-0.39, 0.29) is 13.1 Å². The first kappa shape index (κ1) is 19.7. The van der Waals surface area contributed by atoms with E-state index in [0.29, 0.717) is 10.2 Å². The molecule has 10 heteroatoms. The lowest BCUT2D eigenvalue weighted by Crippen LogP contribution is -2.47. The van der Waals surface area contributed by atoms with E-state index < -0.39 is 34.9 Å². The monoisotopic (exact) mass is 382 g/mol. The molecule has 1 unspecified atom stereocenters.